The Morgan fingerprint density at radius 1 is 1.12 bits per heavy atom. The SMILES string of the molecule is CCOC(=O)c1ccc(C(=O)Nc2ccccc2C(C)(C)C)nc1C. The number of para-hydroxylation sites is 1. The van der Waals surface area contributed by atoms with Gasteiger partial charge in [0.1, 0.15) is 5.69 Å². The number of hydrogen-bond acceptors (Lipinski definition) is 4. The highest BCUT2D eigenvalue weighted by Gasteiger charge is 2.20. The minimum Gasteiger partial charge on any atom is -0.462 e. The van der Waals surface area contributed by atoms with Crippen LogP contribution in [0.1, 0.15) is 59.8 Å². The molecule has 0 bridgehead atoms. The molecule has 0 saturated heterocycles. The van der Waals surface area contributed by atoms with Crippen molar-refractivity contribution in [2.45, 2.75) is 40.0 Å². The van der Waals surface area contributed by atoms with Crippen LogP contribution in [-0.4, -0.2) is 23.5 Å². The Hall–Kier alpha value is -2.69. The molecule has 0 aliphatic heterocycles. The predicted octanol–water partition coefficient (Wildman–Crippen LogP) is 4.12. The number of carbonyl (C=O) groups excluding carboxylic acids is 2. The van der Waals surface area contributed by atoms with Crippen molar-refractivity contribution < 1.29 is 14.3 Å². The first-order valence-electron chi connectivity index (χ1n) is 8.29. The number of anilines is 1. The minimum absolute atomic E-state index is 0.0962. The third-order valence-corrected chi connectivity index (χ3v) is 3.80. The smallest absolute Gasteiger partial charge is 0.339 e. The van der Waals surface area contributed by atoms with E-state index in [4.69, 9.17) is 4.74 Å². The number of aryl methyl sites for hydroxylation is 1. The fourth-order valence-electron chi connectivity index (χ4n) is 2.54. The van der Waals surface area contributed by atoms with E-state index in [1.807, 2.05) is 24.3 Å². The van der Waals surface area contributed by atoms with Gasteiger partial charge < -0.3 is 10.1 Å². The first-order valence-corrected chi connectivity index (χ1v) is 8.29. The van der Waals surface area contributed by atoms with Gasteiger partial charge in [0.05, 0.1) is 17.9 Å². The van der Waals surface area contributed by atoms with Crippen molar-refractivity contribution in [2.75, 3.05) is 11.9 Å². The molecular weight excluding hydrogens is 316 g/mol. The lowest BCUT2D eigenvalue weighted by Crippen LogP contribution is -2.20. The van der Waals surface area contributed by atoms with E-state index in [-0.39, 0.29) is 17.0 Å². The van der Waals surface area contributed by atoms with Gasteiger partial charge in [-0.1, -0.05) is 39.0 Å². The fourth-order valence-corrected chi connectivity index (χ4v) is 2.54. The van der Waals surface area contributed by atoms with Crippen LogP contribution in [0.2, 0.25) is 0 Å². The van der Waals surface area contributed by atoms with Crippen molar-refractivity contribution in [2.24, 2.45) is 0 Å². The van der Waals surface area contributed by atoms with Crippen LogP contribution in [0.4, 0.5) is 5.69 Å². The van der Waals surface area contributed by atoms with Crippen LogP contribution in [0.3, 0.4) is 0 Å². The number of benzene rings is 1. The summed E-state index contributed by atoms with van der Waals surface area (Å²) >= 11 is 0. The number of nitrogens with one attached hydrogen (secondary N) is 1. The molecule has 0 aliphatic carbocycles. The summed E-state index contributed by atoms with van der Waals surface area (Å²) in [6.07, 6.45) is 0. The summed E-state index contributed by atoms with van der Waals surface area (Å²) in [6, 6.07) is 10.8. The van der Waals surface area contributed by atoms with E-state index in [0.717, 1.165) is 11.3 Å². The van der Waals surface area contributed by atoms with E-state index in [2.05, 4.69) is 31.1 Å². The number of hydrogen-bond donors (Lipinski definition) is 1. The first kappa shape index (κ1) is 18.6. The molecule has 2 rings (SSSR count). The summed E-state index contributed by atoms with van der Waals surface area (Å²) in [6.45, 7) is 10.0. The fraction of sp³-hybridized carbons (Fsp3) is 0.350. The molecule has 0 atom stereocenters. The Morgan fingerprint density at radius 2 is 1.80 bits per heavy atom. The second-order valence-corrected chi connectivity index (χ2v) is 6.80. The van der Waals surface area contributed by atoms with Crippen LogP contribution in [0, 0.1) is 6.92 Å². The number of nitrogens with zero attached hydrogens (tertiary/aromatic N) is 1. The number of ether oxygens (including phenoxy) is 1. The Balaban J connectivity index is 2.26. The molecule has 25 heavy (non-hydrogen) atoms. The number of carbonyl (C=O) groups is 2. The molecule has 0 fully saturated rings. The maximum absolute atomic E-state index is 12.6. The number of rotatable bonds is 4. The topological polar surface area (TPSA) is 68.3 Å². The summed E-state index contributed by atoms with van der Waals surface area (Å²) in [4.78, 5) is 28.6. The molecule has 5 heteroatoms. The molecule has 0 spiro atoms. The predicted molar refractivity (Wildman–Crippen MR) is 98.0 cm³/mol. The molecule has 1 aromatic heterocycles. The van der Waals surface area contributed by atoms with Crippen LogP contribution in [0.25, 0.3) is 0 Å². The molecule has 0 radical (unpaired) electrons. The molecular formula is C20H24N2O3. The molecule has 1 N–H and O–H groups in total. The largest absolute Gasteiger partial charge is 0.462 e. The number of aromatic nitrogens is 1. The molecule has 5 nitrogen and oxygen atoms in total. The van der Waals surface area contributed by atoms with E-state index in [1.165, 1.54) is 6.07 Å². The van der Waals surface area contributed by atoms with Crippen LogP contribution >= 0.6 is 0 Å². The lowest BCUT2D eigenvalue weighted by atomic mass is 9.86. The molecule has 2 aromatic rings. The summed E-state index contributed by atoms with van der Waals surface area (Å²) in [5.41, 5.74) is 2.80. The normalized spacial score (nSPS) is 11.1. The van der Waals surface area contributed by atoms with Gasteiger partial charge in [0.25, 0.3) is 5.91 Å². The molecule has 0 saturated carbocycles. The Morgan fingerprint density at radius 3 is 2.40 bits per heavy atom. The number of amides is 1. The minimum atomic E-state index is -0.433. The van der Waals surface area contributed by atoms with Crippen molar-refractivity contribution in [1.82, 2.24) is 4.98 Å². The van der Waals surface area contributed by atoms with Gasteiger partial charge in [0.15, 0.2) is 0 Å². The molecule has 1 heterocycles. The van der Waals surface area contributed by atoms with Gasteiger partial charge in [-0.2, -0.15) is 0 Å². The highest BCUT2D eigenvalue weighted by Crippen LogP contribution is 2.29. The lowest BCUT2D eigenvalue weighted by Gasteiger charge is -2.23. The van der Waals surface area contributed by atoms with Gasteiger partial charge in [-0.3, -0.25) is 4.79 Å². The zero-order valence-electron chi connectivity index (χ0n) is 15.3. The Kier molecular flexibility index (Phi) is 5.57. The average Bonchev–Trinajstić information content (AvgIpc) is 2.54. The standard InChI is InChI=1S/C20H24N2O3/c1-6-25-19(24)14-11-12-17(21-13(14)2)18(23)22-16-10-8-7-9-15(16)20(3,4)5/h7-12H,6H2,1-5H3,(H,22,23). The average molecular weight is 340 g/mol. The maximum Gasteiger partial charge on any atom is 0.339 e. The highest BCUT2D eigenvalue weighted by atomic mass is 16.5. The van der Waals surface area contributed by atoms with E-state index in [0.29, 0.717) is 17.9 Å². The molecule has 132 valence electrons. The summed E-state index contributed by atoms with van der Waals surface area (Å²) in [5.74, 6) is -0.743. The molecule has 0 aliphatic rings. The summed E-state index contributed by atoms with van der Waals surface area (Å²) in [7, 11) is 0. The van der Waals surface area contributed by atoms with Crippen molar-refractivity contribution in [1.29, 1.82) is 0 Å². The Labute approximate surface area is 148 Å². The Bertz CT molecular complexity index is 792. The van der Waals surface area contributed by atoms with Crippen molar-refractivity contribution >= 4 is 17.6 Å². The van der Waals surface area contributed by atoms with Crippen molar-refractivity contribution in [3.63, 3.8) is 0 Å². The number of pyridine rings is 1. The summed E-state index contributed by atoms with van der Waals surface area (Å²) in [5, 5.41) is 2.92. The van der Waals surface area contributed by atoms with Gasteiger partial charge in [-0.15, -0.1) is 0 Å². The quantitative estimate of drug-likeness (QED) is 0.850. The maximum atomic E-state index is 12.6. The third-order valence-electron chi connectivity index (χ3n) is 3.80. The van der Waals surface area contributed by atoms with E-state index in [9.17, 15) is 9.59 Å². The second-order valence-electron chi connectivity index (χ2n) is 6.80. The summed E-state index contributed by atoms with van der Waals surface area (Å²) < 4.78 is 4.98. The van der Waals surface area contributed by atoms with Gasteiger partial charge in [0, 0.05) is 5.69 Å². The van der Waals surface area contributed by atoms with Crippen molar-refractivity contribution in [3.05, 3.63) is 58.9 Å². The molecule has 1 amide bonds. The highest BCUT2D eigenvalue weighted by molar-refractivity contribution is 6.04. The van der Waals surface area contributed by atoms with Crippen LogP contribution in [0.15, 0.2) is 36.4 Å². The number of esters is 1. The zero-order valence-corrected chi connectivity index (χ0v) is 15.3. The molecule has 1 aromatic carbocycles. The van der Waals surface area contributed by atoms with Crippen LogP contribution < -0.4 is 5.32 Å². The van der Waals surface area contributed by atoms with Gasteiger partial charge >= 0.3 is 5.97 Å². The first-order chi connectivity index (χ1) is 11.7. The van der Waals surface area contributed by atoms with Crippen LogP contribution in [0.5, 0.6) is 0 Å². The van der Waals surface area contributed by atoms with Crippen LogP contribution in [-0.2, 0) is 10.2 Å². The van der Waals surface area contributed by atoms with E-state index >= 15 is 0 Å². The van der Waals surface area contributed by atoms with Gasteiger partial charge in [-0.05, 0) is 43.0 Å². The lowest BCUT2D eigenvalue weighted by molar-refractivity contribution is 0.0524. The van der Waals surface area contributed by atoms with E-state index in [1.54, 1.807) is 19.9 Å². The van der Waals surface area contributed by atoms with Crippen molar-refractivity contribution in [3.8, 4) is 0 Å². The van der Waals surface area contributed by atoms with E-state index < -0.39 is 5.97 Å². The monoisotopic (exact) mass is 340 g/mol. The molecule has 0 unspecified atom stereocenters. The van der Waals surface area contributed by atoms with Gasteiger partial charge in [0.2, 0.25) is 0 Å². The third kappa shape index (κ3) is 4.44. The second kappa shape index (κ2) is 7.47. The van der Waals surface area contributed by atoms with Gasteiger partial charge in [-0.25, -0.2) is 9.78 Å². The zero-order chi connectivity index (χ0) is 18.6.